The van der Waals surface area contributed by atoms with Gasteiger partial charge in [-0.2, -0.15) is 0 Å². The molecule has 2 heteroatoms. The molecule has 0 saturated carbocycles. The number of hydrogen-bond acceptors (Lipinski definition) is 0. The molecule has 0 bridgehead atoms. The average molecular weight is 318 g/mol. The van der Waals surface area contributed by atoms with Crippen LogP contribution in [0.15, 0.2) is 70.9 Å². The largest absolute Gasteiger partial charge is 0.203 e. The third-order valence-corrected chi connectivity index (χ3v) is 4.40. The second kappa shape index (κ2) is 8.81. The lowest BCUT2D eigenvalue weighted by atomic mass is 9.89. The minimum Gasteiger partial charge on any atom is -0.203 e. The SMILES string of the molecule is C=C(C)/C(F)=C(/F)C(=C)C1=CC=C(/C(C)=C/CC(C)CC)CC1. The lowest BCUT2D eigenvalue weighted by Crippen LogP contribution is -1.99. The van der Waals surface area contributed by atoms with Crippen LogP contribution in [0.2, 0.25) is 0 Å². The Morgan fingerprint density at radius 1 is 1.13 bits per heavy atom. The van der Waals surface area contributed by atoms with E-state index in [0.717, 1.165) is 18.4 Å². The van der Waals surface area contributed by atoms with Crippen molar-refractivity contribution in [2.24, 2.45) is 5.92 Å². The van der Waals surface area contributed by atoms with E-state index in [1.54, 1.807) is 0 Å². The second-order valence-electron chi connectivity index (χ2n) is 6.41. The van der Waals surface area contributed by atoms with Crippen molar-refractivity contribution >= 4 is 0 Å². The summed E-state index contributed by atoms with van der Waals surface area (Å²) in [5.41, 5.74) is 3.49. The summed E-state index contributed by atoms with van der Waals surface area (Å²) >= 11 is 0. The van der Waals surface area contributed by atoms with Gasteiger partial charge in [-0.1, -0.05) is 57.2 Å². The van der Waals surface area contributed by atoms with Gasteiger partial charge in [-0.25, -0.2) is 8.78 Å². The van der Waals surface area contributed by atoms with Gasteiger partial charge in [0, 0.05) is 5.57 Å². The highest BCUT2D eigenvalue weighted by Crippen LogP contribution is 2.33. The minimum atomic E-state index is -0.907. The number of halogens is 2. The maximum absolute atomic E-state index is 14.0. The van der Waals surface area contributed by atoms with Crippen molar-refractivity contribution in [2.45, 2.75) is 53.4 Å². The van der Waals surface area contributed by atoms with Crippen LogP contribution >= 0.6 is 0 Å². The molecule has 0 nitrogen and oxygen atoms in total. The molecule has 1 unspecified atom stereocenters. The Morgan fingerprint density at radius 2 is 1.70 bits per heavy atom. The molecule has 1 rings (SSSR count). The van der Waals surface area contributed by atoms with Gasteiger partial charge in [0.15, 0.2) is 11.7 Å². The molecule has 1 atom stereocenters. The van der Waals surface area contributed by atoms with Crippen LogP contribution in [0.5, 0.6) is 0 Å². The Kier molecular flexibility index (Phi) is 7.41. The summed E-state index contributed by atoms with van der Waals surface area (Å²) in [6.45, 7) is 15.1. The Hall–Kier alpha value is -1.70. The lowest BCUT2D eigenvalue weighted by molar-refractivity contribution is 0.556. The molecule has 0 aliphatic heterocycles. The highest BCUT2D eigenvalue weighted by molar-refractivity contribution is 5.50. The van der Waals surface area contributed by atoms with Gasteiger partial charge in [0.1, 0.15) is 0 Å². The van der Waals surface area contributed by atoms with E-state index in [0.29, 0.717) is 12.3 Å². The van der Waals surface area contributed by atoms with E-state index in [2.05, 4.69) is 40.0 Å². The highest BCUT2D eigenvalue weighted by atomic mass is 19.2. The second-order valence-corrected chi connectivity index (χ2v) is 6.41. The van der Waals surface area contributed by atoms with Crippen LogP contribution in [-0.4, -0.2) is 0 Å². The zero-order valence-electron chi connectivity index (χ0n) is 14.8. The molecule has 23 heavy (non-hydrogen) atoms. The van der Waals surface area contributed by atoms with Crippen LogP contribution in [0.25, 0.3) is 0 Å². The first-order chi connectivity index (χ1) is 10.8. The Balaban J connectivity index is 2.88. The molecule has 0 aromatic heterocycles. The van der Waals surface area contributed by atoms with Gasteiger partial charge in [-0.3, -0.25) is 0 Å². The summed E-state index contributed by atoms with van der Waals surface area (Å²) < 4.78 is 27.6. The van der Waals surface area contributed by atoms with Gasteiger partial charge in [-0.05, 0) is 55.7 Å². The van der Waals surface area contributed by atoms with Crippen LogP contribution in [0, 0.1) is 5.92 Å². The van der Waals surface area contributed by atoms with E-state index in [1.807, 2.05) is 12.2 Å². The summed E-state index contributed by atoms with van der Waals surface area (Å²) in [4.78, 5) is 0. The Morgan fingerprint density at radius 3 is 2.17 bits per heavy atom. The van der Waals surface area contributed by atoms with Gasteiger partial charge >= 0.3 is 0 Å². The van der Waals surface area contributed by atoms with Crippen molar-refractivity contribution in [1.29, 1.82) is 0 Å². The quantitative estimate of drug-likeness (QED) is 0.432. The molecular weight excluding hydrogens is 290 g/mol. The van der Waals surface area contributed by atoms with Crippen LogP contribution in [0.3, 0.4) is 0 Å². The van der Waals surface area contributed by atoms with Crippen molar-refractivity contribution < 1.29 is 8.78 Å². The molecule has 0 saturated heterocycles. The van der Waals surface area contributed by atoms with Gasteiger partial charge in [0.25, 0.3) is 0 Å². The summed E-state index contributed by atoms with van der Waals surface area (Å²) in [5, 5.41) is 0. The molecule has 1 aliphatic carbocycles. The van der Waals surface area contributed by atoms with Gasteiger partial charge < -0.3 is 0 Å². The molecule has 0 heterocycles. The van der Waals surface area contributed by atoms with E-state index in [1.165, 1.54) is 24.5 Å². The lowest BCUT2D eigenvalue weighted by Gasteiger charge is -2.17. The molecule has 0 N–H and O–H groups in total. The van der Waals surface area contributed by atoms with Crippen molar-refractivity contribution in [1.82, 2.24) is 0 Å². The minimum absolute atomic E-state index is 0.0834. The molecule has 1 aliphatic rings. The predicted molar refractivity (Wildman–Crippen MR) is 96.4 cm³/mol. The summed E-state index contributed by atoms with van der Waals surface area (Å²) in [6.07, 6.45) is 9.88. The monoisotopic (exact) mass is 318 g/mol. The molecule has 0 aromatic carbocycles. The molecule has 0 aromatic rings. The summed E-state index contributed by atoms with van der Waals surface area (Å²) in [7, 11) is 0. The average Bonchev–Trinajstić information content (AvgIpc) is 2.57. The predicted octanol–water partition coefficient (Wildman–Crippen LogP) is 7.30. The first-order valence-corrected chi connectivity index (χ1v) is 8.25. The fourth-order valence-electron chi connectivity index (χ4n) is 2.35. The van der Waals surface area contributed by atoms with Crippen LogP contribution in [0.4, 0.5) is 8.78 Å². The number of allylic oxidation sites excluding steroid dienone is 10. The third kappa shape index (κ3) is 5.46. The first-order valence-electron chi connectivity index (χ1n) is 8.25. The zero-order chi connectivity index (χ0) is 17.6. The van der Waals surface area contributed by atoms with Crippen molar-refractivity contribution in [2.75, 3.05) is 0 Å². The van der Waals surface area contributed by atoms with Gasteiger partial charge in [0.2, 0.25) is 0 Å². The fraction of sp³-hybridized carbons (Fsp3) is 0.429. The molecule has 0 radical (unpaired) electrons. The van der Waals surface area contributed by atoms with Gasteiger partial charge in [0.05, 0.1) is 0 Å². The van der Waals surface area contributed by atoms with Crippen LogP contribution < -0.4 is 0 Å². The van der Waals surface area contributed by atoms with E-state index in [4.69, 9.17) is 0 Å². The molecule has 126 valence electrons. The third-order valence-electron chi connectivity index (χ3n) is 4.40. The summed E-state index contributed by atoms with van der Waals surface area (Å²) in [5.74, 6) is -1.12. The first kappa shape index (κ1) is 19.3. The maximum Gasteiger partial charge on any atom is 0.165 e. The van der Waals surface area contributed by atoms with Crippen LogP contribution in [-0.2, 0) is 0 Å². The van der Waals surface area contributed by atoms with E-state index < -0.39 is 11.7 Å². The zero-order valence-corrected chi connectivity index (χ0v) is 14.8. The van der Waals surface area contributed by atoms with Crippen LogP contribution in [0.1, 0.15) is 53.4 Å². The normalized spacial score (nSPS) is 17.9. The number of rotatable bonds is 7. The fourth-order valence-corrected chi connectivity index (χ4v) is 2.35. The highest BCUT2D eigenvalue weighted by Gasteiger charge is 2.17. The molecular formula is C21H28F2. The Bertz CT molecular complexity index is 597. The molecule has 0 spiro atoms. The standard InChI is InChI=1S/C21H28F2/c1-7-15(4)8-9-16(5)18-10-12-19(13-11-18)17(6)21(23)20(22)14(2)3/h9-10,12,15H,2,6-8,11,13H2,1,3-5H3/b16-9+,21-20-. The van der Waals surface area contributed by atoms with Crippen molar-refractivity contribution in [3.63, 3.8) is 0 Å². The smallest absolute Gasteiger partial charge is 0.165 e. The number of hydrogen-bond donors (Lipinski definition) is 0. The van der Waals surface area contributed by atoms with E-state index in [-0.39, 0.29) is 11.1 Å². The topological polar surface area (TPSA) is 0 Å². The molecule has 0 fully saturated rings. The Labute approximate surface area is 139 Å². The van der Waals surface area contributed by atoms with Gasteiger partial charge in [-0.15, -0.1) is 0 Å². The van der Waals surface area contributed by atoms with E-state index in [9.17, 15) is 8.78 Å². The van der Waals surface area contributed by atoms with Crippen molar-refractivity contribution in [3.8, 4) is 0 Å². The van der Waals surface area contributed by atoms with Crippen molar-refractivity contribution in [3.05, 3.63) is 70.9 Å². The summed E-state index contributed by atoms with van der Waals surface area (Å²) in [6, 6.07) is 0. The molecule has 0 amide bonds. The van der Waals surface area contributed by atoms with E-state index >= 15 is 0 Å². The maximum atomic E-state index is 14.0.